The fourth-order valence-corrected chi connectivity index (χ4v) is 10.2. The smallest absolute Gasteiger partial charge is 0.407 e. The summed E-state index contributed by atoms with van der Waals surface area (Å²) >= 11 is 5.16. The van der Waals surface area contributed by atoms with E-state index in [1.165, 1.54) is 32.1 Å². The molecule has 1 atom stereocenters. The Hall–Kier alpha value is -5.56. The van der Waals surface area contributed by atoms with Crippen molar-refractivity contribution in [3.8, 4) is 21.7 Å². The van der Waals surface area contributed by atoms with E-state index in [-0.39, 0.29) is 30.5 Å². The molecule has 0 aliphatic heterocycles. The zero-order valence-corrected chi connectivity index (χ0v) is 31.6. The van der Waals surface area contributed by atoms with Gasteiger partial charge < -0.3 is 30.4 Å². The van der Waals surface area contributed by atoms with E-state index in [1.54, 1.807) is 34.0 Å². The second-order valence-electron chi connectivity index (χ2n) is 13.3. The van der Waals surface area contributed by atoms with E-state index in [0.717, 1.165) is 31.4 Å². The SMILES string of the molecule is CN(CCOC(=O)NCc1ccc(COc2nc(N)nc3nc[nH]c23)cc1)c1cc2c(s1)-c1sc(CC(C#N)c3nc4ccccc4s3)cc1C2(C)C. The van der Waals surface area contributed by atoms with E-state index >= 15 is 0 Å². The first-order valence-corrected chi connectivity index (χ1v) is 19.4. The van der Waals surface area contributed by atoms with E-state index in [0.29, 0.717) is 36.6 Å². The molecule has 53 heavy (non-hydrogen) atoms. The number of aromatic nitrogens is 5. The predicted molar refractivity (Wildman–Crippen MR) is 210 cm³/mol. The predicted octanol–water partition coefficient (Wildman–Crippen LogP) is 7.77. The lowest BCUT2D eigenvalue weighted by atomic mass is 9.84. The molecule has 7 aromatic rings. The van der Waals surface area contributed by atoms with Gasteiger partial charge in [0.15, 0.2) is 5.65 Å². The number of carbonyl (C=O) groups excluding carboxylic acids is 1. The molecular weight excluding hydrogens is 727 g/mol. The molecule has 0 spiro atoms. The Bertz CT molecular complexity index is 2460. The van der Waals surface area contributed by atoms with Gasteiger partial charge in [-0.15, -0.1) is 34.0 Å². The zero-order chi connectivity index (χ0) is 36.7. The van der Waals surface area contributed by atoms with Crippen molar-refractivity contribution in [2.75, 3.05) is 30.8 Å². The number of amides is 1. The first-order chi connectivity index (χ1) is 25.7. The van der Waals surface area contributed by atoms with Crippen molar-refractivity contribution in [3.05, 3.63) is 99.1 Å². The summed E-state index contributed by atoms with van der Waals surface area (Å²) in [5, 5.41) is 14.9. The van der Waals surface area contributed by atoms with E-state index in [2.05, 4.69) is 68.3 Å². The highest BCUT2D eigenvalue weighted by molar-refractivity contribution is 7.24. The molecule has 4 N–H and O–H groups in total. The molecule has 0 fully saturated rings. The molecule has 0 saturated carbocycles. The Balaban J connectivity index is 0.824. The second kappa shape index (κ2) is 14.1. The van der Waals surface area contributed by atoms with Crippen LogP contribution in [0.5, 0.6) is 5.88 Å². The molecule has 268 valence electrons. The minimum Gasteiger partial charge on any atom is -0.471 e. The van der Waals surface area contributed by atoms with Crippen LogP contribution in [0.4, 0.5) is 15.7 Å². The van der Waals surface area contributed by atoms with Crippen LogP contribution in [0, 0.1) is 11.3 Å². The molecule has 1 aliphatic rings. The van der Waals surface area contributed by atoms with Crippen molar-refractivity contribution in [1.29, 1.82) is 5.26 Å². The minimum atomic E-state index is -0.470. The fourth-order valence-electron chi connectivity index (χ4n) is 6.39. The van der Waals surface area contributed by atoms with Crippen LogP contribution in [0.3, 0.4) is 0 Å². The van der Waals surface area contributed by atoms with E-state index in [9.17, 15) is 10.1 Å². The summed E-state index contributed by atoms with van der Waals surface area (Å²) in [6.45, 7) is 5.95. The maximum Gasteiger partial charge on any atom is 0.407 e. The molecule has 1 amide bonds. The molecule has 5 aromatic heterocycles. The van der Waals surface area contributed by atoms with Crippen molar-refractivity contribution in [1.82, 2.24) is 30.2 Å². The lowest BCUT2D eigenvalue weighted by Gasteiger charge is -2.20. The third-order valence-corrected chi connectivity index (χ3v) is 13.1. The number of para-hydroxylation sites is 1. The van der Waals surface area contributed by atoms with Gasteiger partial charge in [0.2, 0.25) is 11.8 Å². The molecule has 2 aromatic carbocycles. The van der Waals surface area contributed by atoms with Crippen LogP contribution in [0.2, 0.25) is 0 Å². The molecular formula is C38H35N9O3S3. The van der Waals surface area contributed by atoms with Gasteiger partial charge in [0, 0.05) is 35.2 Å². The van der Waals surface area contributed by atoms with Crippen molar-refractivity contribution in [2.45, 2.75) is 44.8 Å². The molecule has 5 heterocycles. The van der Waals surface area contributed by atoms with Gasteiger partial charge in [0.05, 0.1) is 39.0 Å². The maximum atomic E-state index is 12.5. The first-order valence-electron chi connectivity index (χ1n) is 17.0. The first kappa shape index (κ1) is 34.5. The van der Waals surface area contributed by atoms with Gasteiger partial charge in [-0.2, -0.15) is 15.2 Å². The Kier molecular flexibility index (Phi) is 9.19. The number of alkyl carbamates (subject to hydrolysis) is 1. The quantitative estimate of drug-likeness (QED) is 0.112. The number of thiazole rings is 1. The number of benzene rings is 2. The molecule has 1 aliphatic carbocycles. The highest BCUT2D eigenvalue weighted by atomic mass is 32.1. The minimum absolute atomic E-state index is 0.0924. The van der Waals surface area contributed by atoms with Gasteiger partial charge in [-0.25, -0.2) is 14.8 Å². The number of hydrogen-bond acceptors (Lipinski definition) is 13. The van der Waals surface area contributed by atoms with Crippen LogP contribution >= 0.6 is 34.0 Å². The third-order valence-electron chi connectivity index (χ3n) is 9.37. The third kappa shape index (κ3) is 6.88. The normalized spacial score (nSPS) is 13.4. The summed E-state index contributed by atoms with van der Waals surface area (Å²) in [6.07, 6.45) is 1.69. The Morgan fingerprint density at radius 2 is 1.81 bits per heavy atom. The number of nitrogens with two attached hydrogens (primary N) is 1. The number of fused-ring (bicyclic) bond motifs is 5. The number of nitrogens with one attached hydrogen (secondary N) is 2. The van der Waals surface area contributed by atoms with Gasteiger partial charge in [-0.3, -0.25) is 0 Å². The number of likely N-dealkylation sites (N-methyl/N-ethyl adjacent to an activating group) is 1. The highest BCUT2D eigenvalue weighted by Crippen LogP contribution is 2.57. The molecule has 12 nitrogen and oxygen atoms in total. The lowest BCUT2D eigenvalue weighted by molar-refractivity contribution is 0.148. The number of hydrogen-bond donors (Lipinski definition) is 3. The summed E-state index contributed by atoms with van der Waals surface area (Å²) < 4.78 is 12.5. The number of nitrogen functional groups attached to an aromatic ring is 1. The maximum absolute atomic E-state index is 12.5. The van der Waals surface area contributed by atoms with Crippen molar-refractivity contribution in [2.24, 2.45) is 0 Å². The summed E-state index contributed by atoms with van der Waals surface area (Å²) in [4.78, 5) is 38.5. The van der Waals surface area contributed by atoms with Crippen LogP contribution in [0.25, 0.3) is 31.1 Å². The highest BCUT2D eigenvalue weighted by Gasteiger charge is 2.40. The van der Waals surface area contributed by atoms with Crippen LogP contribution in [0.15, 0.2) is 67.0 Å². The van der Waals surface area contributed by atoms with Crippen LogP contribution in [-0.2, 0) is 29.7 Å². The number of carbonyl (C=O) groups is 1. The van der Waals surface area contributed by atoms with E-state index in [4.69, 9.17) is 20.2 Å². The van der Waals surface area contributed by atoms with Crippen LogP contribution < -0.4 is 20.7 Å². The lowest BCUT2D eigenvalue weighted by Crippen LogP contribution is -2.28. The van der Waals surface area contributed by atoms with E-state index < -0.39 is 6.09 Å². The molecule has 1 unspecified atom stereocenters. The average molecular weight is 762 g/mol. The largest absolute Gasteiger partial charge is 0.471 e. The zero-order valence-electron chi connectivity index (χ0n) is 29.2. The number of imidazole rings is 1. The van der Waals surface area contributed by atoms with Crippen LogP contribution in [-0.4, -0.2) is 51.2 Å². The van der Waals surface area contributed by atoms with Gasteiger partial charge in [-0.05, 0) is 46.5 Å². The Labute approximate surface area is 317 Å². The van der Waals surface area contributed by atoms with Gasteiger partial charge in [0.25, 0.3) is 0 Å². The average Bonchev–Trinajstić information content (AvgIpc) is 3.98. The van der Waals surface area contributed by atoms with Gasteiger partial charge in [0.1, 0.15) is 29.7 Å². The molecule has 8 rings (SSSR count). The van der Waals surface area contributed by atoms with Gasteiger partial charge >= 0.3 is 6.09 Å². The topological polar surface area (TPSA) is 168 Å². The number of nitriles is 1. The number of aromatic amines is 1. The summed E-state index contributed by atoms with van der Waals surface area (Å²) in [5.74, 6) is 0.147. The fraction of sp³-hybridized carbons (Fsp3) is 0.263. The molecule has 0 saturated heterocycles. The van der Waals surface area contributed by atoms with Crippen LogP contribution in [0.1, 0.15) is 51.9 Å². The number of anilines is 2. The van der Waals surface area contributed by atoms with E-state index in [1.807, 2.05) is 49.5 Å². The van der Waals surface area contributed by atoms with Crippen molar-refractivity contribution in [3.63, 3.8) is 0 Å². The Morgan fingerprint density at radius 1 is 1.04 bits per heavy atom. The second-order valence-corrected chi connectivity index (χ2v) is 16.5. The molecule has 15 heteroatoms. The monoisotopic (exact) mass is 761 g/mol. The number of rotatable bonds is 12. The summed E-state index contributed by atoms with van der Waals surface area (Å²) in [7, 11) is 2.02. The Morgan fingerprint density at radius 3 is 2.62 bits per heavy atom. The van der Waals surface area contributed by atoms with Crippen molar-refractivity contribution < 1.29 is 14.3 Å². The number of nitrogens with zero attached hydrogens (tertiary/aromatic N) is 6. The van der Waals surface area contributed by atoms with Gasteiger partial charge in [-0.1, -0.05) is 50.2 Å². The standard InChI is InChI=1S/C38H35N9O3S3/c1-38(2)25-15-24(14-23(17-39)35-44-27-6-4-5-7-28(27)52-35)51-31(25)32-26(38)16-29(53-32)47(3)12-13-49-37(48)41-18-21-8-10-22(11-9-21)19-50-34-30-33(43-20-42-30)45-36(40)46-34/h4-11,15-16,20,23H,12-14,18-19H2,1-3H3,(H,41,48)(H3,40,42,43,45,46). The van der Waals surface area contributed by atoms with Crippen molar-refractivity contribution >= 4 is 72.4 Å². The molecule has 0 radical (unpaired) electrons. The number of ether oxygens (including phenoxy) is 2. The molecule has 0 bridgehead atoms. The number of thiophene rings is 2. The summed E-state index contributed by atoms with van der Waals surface area (Å²) in [6, 6.07) is 22.8. The summed E-state index contributed by atoms with van der Waals surface area (Å²) in [5.41, 5.74) is 12.1. The number of H-pyrrole nitrogens is 1.